The zero-order chi connectivity index (χ0) is 20.6. The first-order valence-electron chi connectivity index (χ1n) is 9.00. The van der Waals surface area contributed by atoms with Gasteiger partial charge in [0, 0.05) is 11.8 Å². The van der Waals surface area contributed by atoms with Gasteiger partial charge in [-0.1, -0.05) is 30.3 Å². The smallest absolute Gasteiger partial charge is 0.266 e. The second-order valence-electron chi connectivity index (χ2n) is 6.78. The normalized spacial score (nSPS) is 11.7. The van der Waals surface area contributed by atoms with E-state index in [0.717, 1.165) is 5.56 Å². The fraction of sp³-hybridized carbons (Fsp3) is 0.143. The van der Waals surface area contributed by atoms with Crippen LogP contribution in [0.2, 0.25) is 0 Å². The quantitative estimate of drug-likeness (QED) is 0.501. The van der Waals surface area contributed by atoms with Crippen LogP contribution in [0, 0.1) is 19.7 Å². The van der Waals surface area contributed by atoms with E-state index < -0.39 is 15.8 Å². The van der Waals surface area contributed by atoms with Crippen molar-refractivity contribution in [1.82, 2.24) is 14.6 Å². The highest BCUT2D eigenvalue weighted by Gasteiger charge is 2.27. The van der Waals surface area contributed by atoms with Crippen LogP contribution in [0.4, 0.5) is 10.1 Å². The van der Waals surface area contributed by atoms with Gasteiger partial charge in [0.2, 0.25) is 0 Å². The molecule has 0 aliphatic carbocycles. The minimum absolute atomic E-state index is 0.0748. The Labute approximate surface area is 168 Å². The van der Waals surface area contributed by atoms with Crippen LogP contribution in [0.25, 0.3) is 5.65 Å². The van der Waals surface area contributed by atoms with Crippen molar-refractivity contribution in [3.05, 3.63) is 89.6 Å². The van der Waals surface area contributed by atoms with Crippen molar-refractivity contribution < 1.29 is 12.8 Å². The highest BCUT2D eigenvalue weighted by Crippen LogP contribution is 2.27. The molecule has 0 amide bonds. The van der Waals surface area contributed by atoms with Crippen LogP contribution in [0.1, 0.15) is 17.0 Å². The first-order chi connectivity index (χ1) is 13.9. The molecule has 0 saturated heterocycles. The lowest BCUT2D eigenvalue weighted by atomic mass is 10.2. The molecule has 2 aromatic heterocycles. The molecule has 2 aromatic carbocycles. The summed E-state index contributed by atoms with van der Waals surface area (Å²) in [6.45, 7) is 3.50. The highest BCUT2D eigenvalue weighted by molar-refractivity contribution is 7.92. The molecule has 0 fully saturated rings. The maximum Gasteiger partial charge on any atom is 0.266 e. The van der Waals surface area contributed by atoms with Gasteiger partial charge in [0.15, 0.2) is 5.65 Å². The van der Waals surface area contributed by atoms with Gasteiger partial charge in [0.25, 0.3) is 10.0 Å². The predicted molar refractivity (Wildman–Crippen MR) is 109 cm³/mol. The average molecular weight is 410 g/mol. The molecule has 6 nitrogen and oxygen atoms in total. The van der Waals surface area contributed by atoms with E-state index in [-0.39, 0.29) is 11.4 Å². The van der Waals surface area contributed by atoms with Gasteiger partial charge in [-0.25, -0.2) is 12.8 Å². The van der Waals surface area contributed by atoms with E-state index in [9.17, 15) is 12.8 Å². The average Bonchev–Trinajstić information content (AvgIpc) is 3.07. The van der Waals surface area contributed by atoms with Crippen LogP contribution in [0.3, 0.4) is 0 Å². The summed E-state index contributed by atoms with van der Waals surface area (Å²) in [5, 5.41) is 7.96. The van der Waals surface area contributed by atoms with Crippen molar-refractivity contribution in [2.45, 2.75) is 25.3 Å². The maximum absolute atomic E-state index is 14.3. The van der Waals surface area contributed by atoms with Gasteiger partial charge in [-0.15, -0.1) is 10.2 Å². The summed E-state index contributed by atoms with van der Waals surface area (Å²) in [5.74, 6) is 0.124. The first-order valence-corrected chi connectivity index (χ1v) is 10.4. The van der Waals surface area contributed by atoms with Crippen molar-refractivity contribution >= 4 is 21.4 Å². The summed E-state index contributed by atoms with van der Waals surface area (Å²) in [7, 11) is -3.98. The number of fused-ring (bicyclic) bond motifs is 1. The van der Waals surface area contributed by atoms with Gasteiger partial charge in [0.05, 0.1) is 12.2 Å². The molecule has 0 N–H and O–H groups in total. The van der Waals surface area contributed by atoms with E-state index in [1.807, 2.05) is 13.0 Å². The Morgan fingerprint density at radius 2 is 1.79 bits per heavy atom. The molecule has 4 aromatic rings. The first kappa shape index (κ1) is 19.1. The van der Waals surface area contributed by atoms with Crippen molar-refractivity contribution in [3.63, 3.8) is 0 Å². The number of sulfonamides is 1. The van der Waals surface area contributed by atoms with Crippen molar-refractivity contribution in [1.29, 1.82) is 0 Å². The fourth-order valence-corrected chi connectivity index (χ4v) is 4.58. The molecule has 0 atom stereocenters. The van der Waals surface area contributed by atoms with Crippen molar-refractivity contribution in [2.75, 3.05) is 4.31 Å². The van der Waals surface area contributed by atoms with Gasteiger partial charge >= 0.3 is 0 Å². The molecule has 8 heteroatoms. The molecular formula is C21H19FN4O2S. The fourth-order valence-electron chi connectivity index (χ4n) is 3.15. The van der Waals surface area contributed by atoms with Gasteiger partial charge in [-0.2, -0.15) is 0 Å². The van der Waals surface area contributed by atoms with E-state index >= 15 is 0 Å². The lowest BCUT2D eigenvalue weighted by Crippen LogP contribution is -2.31. The second kappa shape index (κ2) is 7.29. The number of nitrogens with zero attached hydrogens (tertiary/aromatic N) is 4. The van der Waals surface area contributed by atoms with Gasteiger partial charge in [0.1, 0.15) is 16.5 Å². The van der Waals surface area contributed by atoms with Gasteiger partial charge in [-0.3, -0.25) is 8.71 Å². The Bertz CT molecular complexity index is 1300. The molecule has 0 saturated carbocycles. The van der Waals surface area contributed by atoms with Crippen LogP contribution >= 0.6 is 0 Å². The topological polar surface area (TPSA) is 67.6 Å². The summed E-state index contributed by atoms with van der Waals surface area (Å²) in [6, 6.07) is 16.4. The minimum Gasteiger partial charge on any atom is -0.285 e. The highest BCUT2D eigenvalue weighted by atomic mass is 32.2. The zero-order valence-electron chi connectivity index (χ0n) is 15.9. The number of halogens is 1. The van der Waals surface area contributed by atoms with Crippen LogP contribution in [0.15, 0.2) is 71.8 Å². The van der Waals surface area contributed by atoms with E-state index in [4.69, 9.17) is 0 Å². The third kappa shape index (κ3) is 3.58. The van der Waals surface area contributed by atoms with Gasteiger partial charge in [-0.05, 0) is 49.7 Å². The van der Waals surface area contributed by atoms with E-state index in [1.165, 1.54) is 22.6 Å². The number of hydrogen-bond donors (Lipinski definition) is 0. The Morgan fingerprint density at radius 1 is 1.00 bits per heavy atom. The minimum atomic E-state index is -3.98. The summed E-state index contributed by atoms with van der Waals surface area (Å²) in [6.07, 6.45) is 1.49. The second-order valence-corrected chi connectivity index (χ2v) is 8.64. The molecule has 4 rings (SSSR count). The summed E-state index contributed by atoms with van der Waals surface area (Å²) >= 11 is 0. The van der Waals surface area contributed by atoms with Crippen molar-refractivity contribution in [2.24, 2.45) is 0 Å². The van der Waals surface area contributed by atoms with Gasteiger partial charge < -0.3 is 0 Å². The summed E-state index contributed by atoms with van der Waals surface area (Å²) in [5.41, 5.74) is 2.21. The van der Waals surface area contributed by atoms with Crippen LogP contribution in [-0.4, -0.2) is 23.0 Å². The SMILES string of the molecule is Cc1cccc(N(Cc2ccccc2F)S(=O)(=O)c2ccc3nnc(C)n3c2)c1. The Hall–Kier alpha value is -3.26. The molecular weight excluding hydrogens is 391 g/mol. The lowest BCUT2D eigenvalue weighted by molar-refractivity contribution is 0.585. The molecule has 0 radical (unpaired) electrons. The molecule has 0 bridgehead atoms. The number of rotatable bonds is 5. The predicted octanol–water partition coefficient (Wildman–Crippen LogP) is 3.88. The zero-order valence-corrected chi connectivity index (χ0v) is 16.8. The summed E-state index contributed by atoms with van der Waals surface area (Å²) in [4.78, 5) is 0.0748. The number of aryl methyl sites for hydroxylation is 2. The largest absolute Gasteiger partial charge is 0.285 e. The molecule has 2 heterocycles. The number of hydrogen-bond acceptors (Lipinski definition) is 4. The third-order valence-corrected chi connectivity index (χ3v) is 6.45. The lowest BCUT2D eigenvalue weighted by Gasteiger charge is -2.25. The molecule has 0 aliphatic heterocycles. The molecule has 0 aliphatic rings. The van der Waals surface area contributed by atoms with Crippen LogP contribution < -0.4 is 4.31 Å². The number of anilines is 1. The van der Waals surface area contributed by atoms with E-state index in [2.05, 4.69) is 10.2 Å². The Balaban J connectivity index is 1.86. The standard InChI is InChI=1S/C21H19FN4O2S/c1-15-6-5-8-18(12-15)26(13-17-7-3-4-9-20(17)22)29(27,28)19-10-11-21-24-23-16(2)25(21)14-19/h3-12,14H,13H2,1-2H3. The molecule has 0 unspecified atom stereocenters. The maximum atomic E-state index is 14.3. The third-order valence-electron chi connectivity index (χ3n) is 4.70. The Morgan fingerprint density at radius 3 is 2.55 bits per heavy atom. The summed E-state index contributed by atoms with van der Waals surface area (Å²) < 4.78 is 44.3. The molecule has 29 heavy (non-hydrogen) atoms. The van der Waals surface area contributed by atoms with Crippen LogP contribution in [-0.2, 0) is 16.6 Å². The number of benzene rings is 2. The van der Waals surface area contributed by atoms with Crippen LogP contribution in [0.5, 0.6) is 0 Å². The number of pyridine rings is 1. The number of aromatic nitrogens is 3. The molecule has 0 spiro atoms. The van der Waals surface area contributed by atoms with E-state index in [0.29, 0.717) is 22.7 Å². The monoisotopic (exact) mass is 410 g/mol. The molecule has 148 valence electrons. The van der Waals surface area contributed by atoms with Crippen molar-refractivity contribution in [3.8, 4) is 0 Å². The van der Waals surface area contributed by atoms with E-state index in [1.54, 1.807) is 53.8 Å². The Kier molecular flexibility index (Phi) is 4.79.